The summed E-state index contributed by atoms with van der Waals surface area (Å²) in [7, 11) is -3.67. The molecular weight excluding hydrogens is 394 g/mol. The van der Waals surface area contributed by atoms with Crippen molar-refractivity contribution >= 4 is 27.3 Å². The second kappa shape index (κ2) is 9.17. The van der Waals surface area contributed by atoms with E-state index in [2.05, 4.69) is 28.8 Å². The van der Waals surface area contributed by atoms with Crippen molar-refractivity contribution in [1.82, 2.24) is 14.9 Å². The van der Waals surface area contributed by atoms with Crippen molar-refractivity contribution in [3.63, 3.8) is 0 Å². The van der Waals surface area contributed by atoms with Gasteiger partial charge in [-0.25, -0.2) is 13.1 Å². The number of rotatable bonds is 7. The Morgan fingerprint density at radius 1 is 1.21 bits per heavy atom. The minimum atomic E-state index is -3.67. The number of carbonyl (C=O) groups excluding carboxylic acids is 1. The van der Waals surface area contributed by atoms with Gasteiger partial charge in [0.2, 0.25) is 10.0 Å². The highest BCUT2D eigenvalue weighted by Gasteiger charge is 2.23. The van der Waals surface area contributed by atoms with Gasteiger partial charge in [-0.05, 0) is 56.3 Å². The Kier molecular flexibility index (Phi) is 6.87. The van der Waals surface area contributed by atoms with Crippen LogP contribution in [0.1, 0.15) is 41.9 Å². The van der Waals surface area contributed by atoms with E-state index in [-0.39, 0.29) is 23.4 Å². The number of sulfonamides is 1. The van der Waals surface area contributed by atoms with Gasteiger partial charge in [-0.1, -0.05) is 12.1 Å². The Bertz CT molecular complexity index is 887. The number of nitrogens with zero attached hydrogens (tertiary/aromatic N) is 1. The average molecular weight is 422 g/mol. The van der Waals surface area contributed by atoms with E-state index in [1.54, 1.807) is 12.1 Å². The predicted octanol–water partition coefficient (Wildman–Crippen LogP) is 2.83. The lowest BCUT2D eigenvalue weighted by molar-refractivity contribution is 0.0900. The molecule has 0 radical (unpaired) electrons. The third-order valence-electron chi connectivity index (χ3n) is 5.02. The van der Waals surface area contributed by atoms with Gasteiger partial charge in [0, 0.05) is 42.2 Å². The smallest absolute Gasteiger partial charge is 0.251 e. The van der Waals surface area contributed by atoms with Crippen molar-refractivity contribution in [1.29, 1.82) is 0 Å². The number of likely N-dealkylation sites (tertiary alicyclic amines) is 1. The summed E-state index contributed by atoms with van der Waals surface area (Å²) in [5.74, 6) is -0.224. The number of piperidine rings is 1. The summed E-state index contributed by atoms with van der Waals surface area (Å²) < 4.78 is 27.7. The van der Waals surface area contributed by atoms with Crippen molar-refractivity contribution < 1.29 is 13.2 Å². The highest BCUT2D eigenvalue weighted by atomic mass is 32.2. The second-order valence-corrected chi connectivity index (χ2v) is 10.1. The molecule has 6 nitrogen and oxygen atoms in total. The Morgan fingerprint density at radius 3 is 2.61 bits per heavy atom. The van der Waals surface area contributed by atoms with Crippen LogP contribution >= 0.6 is 11.3 Å². The number of hydrogen-bond acceptors (Lipinski definition) is 5. The molecule has 1 amide bonds. The fourth-order valence-corrected chi connectivity index (χ4v) is 5.08. The molecule has 2 aromatic rings. The van der Waals surface area contributed by atoms with Crippen LogP contribution in [0.15, 0.2) is 46.7 Å². The molecule has 2 N–H and O–H groups in total. The maximum absolute atomic E-state index is 12.6. The van der Waals surface area contributed by atoms with E-state index >= 15 is 0 Å². The maximum Gasteiger partial charge on any atom is 0.251 e. The minimum absolute atomic E-state index is 0.103. The Hall–Kier alpha value is -1.74. The van der Waals surface area contributed by atoms with Crippen LogP contribution in [0, 0.1) is 0 Å². The zero-order valence-electron chi connectivity index (χ0n) is 16.2. The van der Waals surface area contributed by atoms with E-state index < -0.39 is 10.0 Å². The third-order valence-corrected chi connectivity index (χ3v) is 7.29. The third kappa shape index (κ3) is 5.41. The first-order valence-electron chi connectivity index (χ1n) is 9.52. The van der Waals surface area contributed by atoms with E-state index in [4.69, 9.17) is 0 Å². The molecule has 0 aliphatic carbocycles. The first-order chi connectivity index (χ1) is 13.3. The first kappa shape index (κ1) is 21.0. The number of carbonyl (C=O) groups is 1. The molecule has 28 heavy (non-hydrogen) atoms. The van der Waals surface area contributed by atoms with Gasteiger partial charge in [0.25, 0.3) is 5.91 Å². The van der Waals surface area contributed by atoms with Gasteiger partial charge in [0.1, 0.15) is 0 Å². The molecule has 8 heteroatoms. The van der Waals surface area contributed by atoms with Gasteiger partial charge < -0.3 is 10.2 Å². The number of thiophene rings is 1. The summed E-state index contributed by atoms with van der Waals surface area (Å²) in [5, 5.41) is 4.95. The van der Waals surface area contributed by atoms with Crippen LogP contribution in [-0.2, 0) is 16.6 Å². The number of hydrogen-bond donors (Lipinski definition) is 2. The fourth-order valence-electron chi connectivity index (χ4n) is 3.30. The topological polar surface area (TPSA) is 78.5 Å². The van der Waals surface area contributed by atoms with Crippen molar-refractivity contribution in [2.24, 2.45) is 0 Å². The highest BCUT2D eigenvalue weighted by Crippen LogP contribution is 2.16. The predicted molar refractivity (Wildman–Crippen MR) is 112 cm³/mol. The Labute approximate surface area is 171 Å². The van der Waals surface area contributed by atoms with Gasteiger partial charge in [-0.2, -0.15) is 0 Å². The molecule has 0 bridgehead atoms. The molecule has 1 fully saturated rings. The lowest BCUT2D eigenvalue weighted by atomic mass is 10.0. The van der Waals surface area contributed by atoms with Gasteiger partial charge in [-0.3, -0.25) is 4.79 Å². The van der Waals surface area contributed by atoms with Crippen LogP contribution in [0.4, 0.5) is 0 Å². The minimum Gasteiger partial charge on any atom is -0.349 e. The van der Waals surface area contributed by atoms with Crippen LogP contribution in [0.3, 0.4) is 0 Å². The lowest BCUT2D eigenvalue weighted by Crippen LogP contribution is -2.46. The quantitative estimate of drug-likeness (QED) is 0.721. The van der Waals surface area contributed by atoms with Crippen molar-refractivity contribution in [2.75, 3.05) is 13.1 Å². The molecule has 2 heterocycles. The molecule has 0 saturated carbocycles. The molecule has 3 rings (SSSR count). The van der Waals surface area contributed by atoms with E-state index in [1.807, 2.05) is 17.5 Å². The molecule has 1 aliphatic heterocycles. The summed E-state index contributed by atoms with van der Waals surface area (Å²) in [6, 6.07) is 10.6. The monoisotopic (exact) mass is 421 g/mol. The van der Waals surface area contributed by atoms with Crippen LogP contribution in [0.2, 0.25) is 0 Å². The van der Waals surface area contributed by atoms with E-state index in [0.717, 1.165) is 30.8 Å². The van der Waals surface area contributed by atoms with Crippen LogP contribution in [0.5, 0.6) is 0 Å². The molecule has 152 valence electrons. The van der Waals surface area contributed by atoms with Crippen molar-refractivity contribution in [3.8, 4) is 0 Å². The van der Waals surface area contributed by atoms with Gasteiger partial charge in [0.15, 0.2) is 0 Å². The standard InChI is InChI=1S/C20H27N3O3S2/c1-15(2)23-10-8-17(9-11-23)22-20(24)16-5-3-7-19(13-16)28(25,26)21-14-18-6-4-12-27-18/h3-7,12-13,15,17,21H,8-11,14H2,1-2H3,(H,22,24). The lowest BCUT2D eigenvalue weighted by Gasteiger charge is -2.34. The zero-order valence-corrected chi connectivity index (χ0v) is 17.9. The molecule has 0 atom stereocenters. The summed E-state index contributed by atoms with van der Waals surface area (Å²) in [5.41, 5.74) is 0.366. The highest BCUT2D eigenvalue weighted by molar-refractivity contribution is 7.89. The Morgan fingerprint density at radius 2 is 1.96 bits per heavy atom. The van der Waals surface area contributed by atoms with Gasteiger partial charge >= 0.3 is 0 Å². The number of amides is 1. The van der Waals surface area contributed by atoms with Gasteiger partial charge in [0.05, 0.1) is 4.90 Å². The largest absolute Gasteiger partial charge is 0.349 e. The van der Waals surface area contributed by atoms with Crippen molar-refractivity contribution in [2.45, 2.75) is 50.2 Å². The van der Waals surface area contributed by atoms with E-state index in [1.165, 1.54) is 23.5 Å². The van der Waals surface area contributed by atoms with Crippen LogP contribution < -0.4 is 10.0 Å². The maximum atomic E-state index is 12.6. The first-order valence-corrected chi connectivity index (χ1v) is 11.9. The van der Waals surface area contributed by atoms with E-state index in [0.29, 0.717) is 11.6 Å². The molecule has 1 aromatic heterocycles. The number of benzene rings is 1. The molecule has 0 unspecified atom stereocenters. The van der Waals surface area contributed by atoms with E-state index in [9.17, 15) is 13.2 Å². The summed E-state index contributed by atoms with van der Waals surface area (Å²) in [4.78, 5) is 16.1. The normalized spacial score (nSPS) is 16.4. The molecular formula is C20H27N3O3S2. The summed E-state index contributed by atoms with van der Waals surface area (Å²) >= 11 is 1.49. The second-order valence-electron chi connectivity index (χ2n) is 7.31. The molecule has 1 saturated heterocycles. The van der Waals surface area contributed by atoms with Gasteiger partial charge in [-0.15, -0.1) is 11.3 Å². The molecule has 0 spiro atoms. The average Bonchev–Trinajstić information content (AvgIpc) is 3.21. The molecule has 1 aliphatic rings. The Balaban J connectivity index is 1.61. The SMILES string of the molecule is CC(C)N1CCC(NC(=O)c2cccc(S(=O)(=O)NCc3cccs3)c2)CC1. The van der Waals surface area contributed by atoms with Crippen LogP contribution in [-0.4, -0.2) is 44.4 Å². The molecule has 1 aromatic carbocycles. The summed E-state index contributed by atoms with van der Waals surface area (Å²) in [6.45, 7) is 6.52. The van der Waals surface area contributed by atoms with Crippen molar-refractivity contribution in [3.05, 3.63) is 52.2 Å². The van der Waals surface area contributed by atoms with Crippen LogP contribution in [0.25, 0.3) is 0 Å². The fraction of sp³-hybridized carbons (Fsp3) is 0.450. The number of nitrogens with one attached hydrogen (secondary N) is 2. The zero-order chi connectivity index (χ0) is 20.1. The summed E-state index contributed by atoms with van der Waals surface area (Å²) in [6.07, 6.45) is 1.81.